The molecule has 3 N–H and O–H groups in total. The average Bonchev–Trinajstić information content (AvgIpc) is 2.31. The molecular weight excluding hydrogens is 154 g/mol. The lowest BCUT2D eigenvalue weighted by atomic mass is 10.2. The van der Waals surface area contributed by atoms with Crippen LogP contribution in [0.3, 0.4) is 0 Å². The van der Waals surface area contributed by atoms with Crippen molar-refractivity contribution < 1.29 is 0 Å². The van der Waals surface area contributed by atoms with Crippen molar-refractivity contribution in [1.82, 2.24) is 14.8 Å². The monoisotopic (exact) mass is 169 g/mol. The van der Waals surface area contributed by atoms with Gasteiger partial charge in [0.1, 0.15) is 0 Å². The third-order valence-corrected chi connectivity index (χ3v) is 1.46. The Morgan fingerprint density at radius 1 is 1.58 bits per heavy atom. The van der Waals surface area contributed by atoms with Crippen LogP contribution in [0.4, 0.5) is 11.9 Å². The fourth-order valence-electron chi connectivity index (χ4n) is 0.940. The molecule has 1 aromatic rings. The van der Waals surface area contributed by atoms with E-state index < -0.39 is 0 Å². The van der Waals surface area contributed by atoms with Gasteiger partial charge in [0.15, 0.2) is 0 Å². The van der Waals surface area contributed by atoms with Gasteiger partial charge in [0.25, 0.3) is 0 Å². The van der Waals surface area contributed by atoms with E-state index in [1.54, 1.807) is 11.7 Å². The van der Waals surface area contributed by atoms with Gasteiger partial charge in [0, 0.05) is 13.6 Å². The van der Waals surface area contributed by atoms with Gasteiger partial charge < -0.3 is 11.1 Å². The lowest BCUT2D eigenvalue weighted by molar-refractivity contribution is 0.489. The summed E-state index contributed by atoms with van der Waals surface area (Å²) in [5.74, 6) is 1.57. The SMILES string of the molecule is CNc1nc(N)n(CC(C)C)n1. The molecule has 0 saturated heterocycles. The summed E-state index contributed by atoms with van der Waals surface area (Å²) in [7, 11) is 1.77. The standard InChI is InChI=1S/C7H15N5/c1-5(2)4-12-6(8)10-7(9-3)11-12/h5H,4H2,1-3H3,(H3,8,9,10,11). The molecule has 0 atom stereocenters. The minimum atomic E-state index is 0.466. The summed E-state index contributed by atoms with van der Waals surface area (Å²) in [6.07, 6.45) is 0. The highest BCUT2D eigenvalue weighted by Crippen LogP contribution is 2.06. The Morgan fingerprint density at radius 3 is 2.67 bits per heavy atom. The first kappa shape index (κ1) is 8.83. The Labute approximate surface area is 72.0 Å². The van der Waals surface area contributed by atoms with E-state index in [1.165, 1.54) is 0 Å². The van der Waals surface area contributed by atoms with Crippen LogP contribution in [0.1, 0.15) is 13.8 Å². The highest BCUT2D eigenvalue weighted by atomic mass is 15.4. The molecule has 0 aliphatic rings. The van der Waals surface area contributed by atoms with Crippen molar-refractivity contribution in [2.45, 2.75) is 20.4 Å². The molecule has 0 fully saturated rings. The van der Waals surface area contributed by atoms with Gasteiger partial charge in [-0.3, -0.25) is 0 Å². The van der Waals surface area contributed by atoms with Crippen molar-refractivity contribution in [2.24, 2.45) is 5.92 Å². The van der Waals surface area contributed by atoms with E-state index in [0.717, 1.165) is 6.54 Å². The third kappa shape index (κ3) is 1.87. The van der Waals surface area contributed by atoms with E-state index in [4.69, 9.17) is 5.73 Å². The van der Waals surface area contributed by atoms with Gasteiger partial charge in [-0.1, -0.05) is 13.8 Å². The van der Waals surface area contributed by atoms with Crippen molar-refractivity contribution in [2.75, 3.05) is 18.1 Å². The van der Waals surface area contributed by atoms with Crippen molar-refractivity contribution in [3.63, 3.8) is 0 Å². The van der Waals surface area contributed by atoms with Crippen molar-refractivity contribution in [3.05, 3.63) is 0 Å². The molecule has 0 aliphatic carbocycles. The van der Waals surface area contributed by atoms with Crippen LogP contribution in [0, 0.1) is 5.92 Å². The van der Waals surface area contributed by atoms with Crippen LogP contribution in [0.5, 0.6) is 0 Å². The molecule has 1 rings (SSSR count). The molecule has 0 aliphatic heterocycles. The van der Waals surface area contributed by atoms with Crippen LogP contribution in [-0.2, 0) is 6.54 Å². The molecule has 0 bridgehead atoms. The first-order valence-corrected chi connectivity index (χ1v) is 4.01. The number of nitrogens with two attached hydrogens (primary N) is 1. The predicted molar refractivity (Wildman–Crippen MR) is 48.8 cm³/mol. The van der Waals surface area contributed by atoms with E-state index in [0.29, 0.717) is 17.8 Å². The Balaban J connectivity index is 2.77. The van der Waals surface area contributed by atoms with Crippen LogP contribution >= 0.6 is 0 Å². The number of nitrogens with zero attached hydrogens (tertiary/aromatic N) is 3. The lowest BCUT2D eigenvalue weighted by Crippen LogP contribution is -2.09. The second-order valence-corrected chi connectivity index (χ2v) is 3.12. The smallest absolute Gasteiger partial charge is 0.243 e. The molecule has 0 aromatic carbocycles. The quantitative estimate of drug-likeness (QED) is 0.693. The zero-order chi connectivity index (χ0) is 9.14. The molecule has 0 spiro atoms. The first-order chi connectivity index (χ1) is 5.63. The number of aromatic nitrogens is 3. The van der Waals surface area contributed by atoms with Gasteiger partial charge >= 0.3 is 0 Å². The summed E-state index contributed by atoms with van der Waals surface area (Å²) in [5, 5.41) is 6.98. The molecule has 0 saturated carbocycles. The van der Waals surface area contributed by atoms with Gasteiger partial charge in [-0.15, -0.1) is 5.10 Å². The summed E-state index contributed by atoms with van der Waals surface area (Å²) in [4.78, 5) is 4.00. The van der Waals surface area contributed by atoms with Crippen LogP contribution in [0.2, 0.25) is 0 Å². The van der Waals surface area contributed by atoms with Crippen molar-refractivity contribution in [3.8, 4) is 0 Å². The Morgan fingerprint density at radius 2 is 2.25 bits per heavy atom. The zero-order valence-corrected chi connectivity index (χ0v) is 7.70. The number of hydrogen-bond acceptors (Lipinski definition) is 4. The van der Waals surface area contributed by atoms with Crippen LogP contribution in [-0.4, -0.2) is 21.8 Å². The first-order valence-electron chi connectivity index (χ1n) is 4.01. The van der Waals surface area contributed by atoms with Crippen LogP contribution < -0.4 is 11.1 Å². The summed E-state index contributed by atoms with van der Waals surface area (Å²) < 4.78 is 1.70. The molecule has 5 nitrogen and oxygen atoms in total. The van der Waals surface area contributed by atoms with E-state index in [9.17, 15) is 0 Å². The van der Waals surface area contributed by atoms with Gasteiger partial charge in [0.05, 0.1) is 0 Å². The van der Waals surface area contributed by atoms with Crippen LogP contribution in [0.15, 0.2) is 0 Å². The molecule has 68 valence electrons. The fraction of sp³-hybridized carbons (Fsp3) is 0.714. The second kappa shape index (κ2) is 3.42. The Hall–Kier alpha value is -1.26. The maximum absolute atomic E-state index is 5.61. The van der Waals surface area contributed by atoms with Gasteiger partial charge in [-0.05, 0) is 5.92 Å². The van der Waals surface area contributed by atoms with E-state index in [2.05, 4.69) is 29.2 Å². The highest BCUT2D eigenvalue weighted by Gasteiger charge is 2.05. The Bertz CT molecular complexity index is 252. The lowest BCUT2D eigenvalue weighted by Gasteiger charge is -2.04. The topological polar surface area (TPSA) is 68.8 Å². The van der Waals surface area contributed by atoms with E-state index in [1.807, 2.05) is 0 Å². The maximum Gasteiger partial charge on any atom is 0.243 e. The van der Waals surface area contributed by atoms with Crippen molar-refractivity contribution in [1.29, 1.82) is 0 Å². The number of hydrogen-bond donors (Lipinski definition) is 2. The molecular formula is C7H15N5. The normalized spacial score (nSPS) is 10.7. The minimum absolute atomic E-state index is 0.466. The molecule has 0 unspecified atom stereocenters. The second-order valence-electron chi connectivity index (χ2n) is 3.12. The van der Waals surface area contributed by atoms with E-state index >= 15 is 0 Å². The fourth-order valence-corrected chi connectivity index (χ4v) is 0.940. The predicted octanol–water partition coefficient (Wildman–Crippen LogP) is 0.558. The zero-order valence-electron chi connectivity index (χ0n) is 7.70. The summed E-state index contributed by atoms with van der Waals surface area (Å²) >= 11 is 0. The van der Waals surface area contributed by atoms with Gasteiger partial charge in [-0.25, -0.2) is 4.68 Å². The number of nitrogen functional groups attached to an aromatic ring is 1. The van der Waals surface area contributed by atoms with E-state index in [-0.39, 0.29) is 0 Å². The molecule has 1 heterocycles. The highest BCUT2D eigenvalue weighted by molar-refractivity contribution is 5.30. The average molecular weight is 169 g/mol. The van der Waals surface area contributed by atoms with Crippen LogP contribution in [0.25, 0.3) is 0 Å². The van der Waals surface area contributed by atoms with Gasteiger partial charge in [-0.2, -0.15) is 4.98 Å². The minimum Gasteiger partial charge on any atom is -0.368 e. The molecule has 0 amide bonds. The summed E-state index contributed by atoms with van der Waals surface area (Å²) in [6, 6.07) is 0. The van der Waals surface area contributed by atoms with Gasteiger partial charge in [0.2, 0.25) is 11.9 Å². The molecule has 12 heavy (non-hydrogen) atoms. The summed E-state index contributed by atoms with van der Waals surface area (Å²) in [5.41, 5.74) is 5.61. The number of nitrogens with one attached hydrogen (secondary N) is 1. The van der Waals surface area contributed by atoms with Crippen molar-refractivity contribution >= 4 is 11.9 Å². The summed E-state index contributed by atoms with van der Waals surface area (Å²) in [6.45, 7) is 5.03. The Kier molecular flexibility index (Phi) is 2.52. The largest absolute Gasteiger partial charge is 0.368 e. The molecule has 5 heteroatoms. The number of rotatable bonds is 3. The molecule has 1 aromatic heterocycles. The molecule has 0 radical (unpaired) electrons. The number of anilines is 2. The maximum atomic E-state index is 5.61. The third-order valence-electron chi connectivity index (χ3n) is 1.46.